The monoisotopic (exact) mass is 450 g/mol. The number of hydrogen-bond donors (Lipinski definition) is 3. The molecule has 1 aliphatic heterocycles. The first-order valence-corrected chi connectivity index (χ1v) is 10.9. The molecule has 0 fully saturated rings. The molecule has 0 aromatic heterocycles. The summed E-state index contributed by atoms with van der Waals surface area (Å²) in [7, 11) is 1.32. The molecule has 1 aliphatic rings. The average molecular weight is 451 g/mol. The average Bonchev–Trinajstić information content (AvgIpc) is 2.78. The number of allylic oxidation sites excluding steroid dienone is 1. The third-order valence-electron chi connectivity index (χ3n) is 5.72. The highest BCUT2D eigenvalue weighted by atomic mass is 16.5. The zero-order valence-electron chi connectivity index (χ0n) is 19.6. The van der Waals surface area contributed by atoms with Crippen molar-refractivity contribution in [2.45, 2.75) is 40.2 Å². The maximum Gasteiger partial charge on any atom is 0.337 e. The summed E-state index contributed by atoms with van der Waals surface area (Å²) in [6.07, 6.45) is 0.758. The molecule has 0 saturated carbocycles. The Balaban J connectivity index is 1.77. The fourth-order valence-corrected chi connectivity index (χ4v) is 3.77. The lowest BCUT2D eigenvalue weighted by atomic mass is 9.94. The van der Waals surface area contributed by atoms with Gasteiger partial charge in [0.15, 0.2) is 0 Å². The molecule has 0 saturated heterocycles. The minimum absolute atomic E-state index is 0.262. The maximum atomic E-state index is 12.6. The van der Waals surface area contributed by atoms with Gasteiger partial charge in [0.1, 0.15) is 0 Å². The second kappa shape index (κ2) is 10.2. The predicted molar refractivity (Wildman–Crippen MR) is 128 cm³/mol. The van der Waals surface area contributed by atoms with Crippen molar-refractivity contribution in [3.8, 4) is 0 Å². The van der Waals surface area contributed by atoms with Crippen LogP contribution < -0.4 is 16.0 Å². The topological polar surface area (TPSA) is 99.8 Å². The number of urea groups is 2. The second-order valence-corrected chi connectivity index (χ2v) is 8.02. The van der Waals surface area contributed by atoms with Crippen LogP contribution in [-0.2, 0) is 9.53 Å². The summed E-state index contributed by atoms with van der Waals surface area (Å²) in [5.41, 5.74) is 5.20. The van der Waals surface area contributed by atoms with Crippen molar-refractivity contribution in [3.63, 3.8) is 0 Å². The van der Waals surface area contributed by atoms with Crippen LogP contribution in [0, 0.1) is 13.8 Å². The summed E-state index contributed by atoms with van der Waals surface area (Å²) >= 11 is 0. The summed E-state index contributed by atoms with van der Waals surface area (Å²) in [6.45, 7) is 8.22. The molecule has 0 aliphatic carbocycles. The minimum atomic E-state index is -0.642. The second-order valence-electron chi connectivity index (χ2n) is 8.02. The first-order valence-electron chi connectivity index (χ1n) is 10.9. The largest absolute Gasteiger partial charge is 0.466 e. The molecule has 8 nitrogen and oxygen atoms in total. The van der Waals surface area contributed by atoms with Gasteiger partial charge >= 0.3 is 18.0 Å². The Kier molecular flexibility index (Phi) is 7.37. The molecule has 8 heteroatoms. The number of hydrogen-bond acceptors (Lipinski definition) is 4. The van der Waals surface area contributed by atoms with Crippen LogP contribution in [0.4, 0.5) is 21.0 Å². The number of ether oxygens (including phenoxy) is 1. The van der Waals surface area contributed by atoms with Crippen molar-refractivity contribution < 1.29 is 19.1 Å². The standard InChI is InChI=1S/C25H30N4O4/c1-6-13-29-17(4)21(23(30)33-5)22(28-25(29)32)18-8-11-19(12-9-18)26-24(31)27-20-10-7-15(2)16(3)14-20/h7-12,14,22H,6,13H2,1-5H3,(H,28,32)(H2,26,27,31). The van der Waals surface area contributed by atoms with Crippen LogP contribution in [0.3, 0.4) is 0 Å². The van der Waals surface area contributed by atoms with Gasteiger partial charge in [0, 0.05) is 23.6 Å². The van der Waals surface area contributed by atoms with E-state index in [-0.39, 0.29) is 12.1 Å². The van der Waals surface area contributed by atoms with Gasteiger partial charge in [-0.3, -0.25) is 4.90 Å². The molecule has 2 aromatic carbocycles. The molecule has 3 rings (SSSR count). The Morgan fingerprint density at radius 1 is 1.00 bits per heavy atom. The molecule has 1 atom stereocenters. The molecule has 3 N–H and O–H groups in total. The highest BCUT2D eigenvalue weighted by Gasteiger charge is 2.35. The number of esters is 1. The molecule has 0 spiro atoms. The van der Waals surface area contributed by atoms with E-state index in [4.69, 9.17) is 4.74 Å². The van der Waals surface area contributed by atoms with Gasteiger partial charge in [-0.25, -0.2) is 14.4 Å². The van der Waals surface area contributed by atoms with E-state index in [0.717, 1.165) is 17.5 Å². The molecule has 0 bridgehead atoms. The zero-order chi connectivity index (χ0) is 24.1. The van der Waals surface area contributed by atoms with E-state index in [1.54, 1.807) is 36.1 Å². The van der Waals surface area contributed by atoms with Crippen molar-refractivity contribution in [3.05, 3.63) is 70.4 Å². The van der Waals surface area contributed by atoms with Crippen LogP contribution in [-0.4, -0.2) is 36.6 Å². The third-order valence-corrected chi connectivity index (χ3v) is 5.72. The quantitative estimate of drug-likeness (QED) is 0.547. The molecule has 0 radical (unpaired) electrons. The van der Waals surface area contributed by atoms with E-state index in [2.05, 4.69) is 16.0 Å². The summed E-state index contributed by atoms with van der Waals surface area (Å²) in [5.74, 6) is -0.492. The van der Waals surface area contributed by atoms with Gasteiger partial charge in [-0.15, -0.1) is 0 Å². The molecular formula is C25H30N4O4. The number of aryl methyl sites for hydroxylation is 2. The minimum Gasteiger partial charge on any atom is -0.466 e. The molecular weight excluding hydrogens is 420 g/mol. The van der Waals surface area contributed by atoms with Gasteiger partial charge in [0.25, 0.3) is 0 Å². The Morgan fingerprint density at radius 3 is 2.24 bits per heavy atom. The van der Waals surface area contributed by atoms with Gasteiger partial charge in [-0.1, -0.05) is 25.1 Å². The lowest BCUT2D eigenvalue weighted by molar-refractivity contribution is -0.136. The summed E-state index contributed by atoms with van der Waals surface area (Å²) in [5, 5.41) is 8.50. The summed E-state index contributed by atoms with van der Waals surface area (Å²) in [6, 6.07) is 11.4. The number of benzene rings is 2. The van der Waals surface area contributed by atoms with E-state index < -0.39 is 12.0 Å². The number of nitrogens with zero attached hydrogens (tertiary/aromatic N) is 1. The fraction of sp³-hybridized carbons (Fsp3) is 0.320. The zero-order valence-corrected chi connectivity index (χ0v) is 19.6. The van der Waals surface area contributed by atoms with Crippen molar-refractivity contribution in [1.29, 1.82) is 0 Å². The van der Waals surface area contributed by atoms with Gasteiger partial charge in [0.2, 0.25) is 0 Å². The van der Waals surface area contributed by atoms with E-state index in [9.17, 15) is 14.4 Å². The Labute approximate surface area is 194 Å². The highest BCUT2D eigenvalue weighted by Crippen LogP contribution is 2.32. The van der Waals surface area contributed by atoms with Gasteiger partial charge in [0.05, 0.1) is 18.7 Å². The SMILES string of the molecule is CCCN1C(=O)NC(c2ccc(NC(=O)Nc3ccc(C)c(C)c3)cc2)C(C(=O)OC)=C1C. The van der Waals surface area contributed by atoms with Crippen LogP contribution in [0.2, 0.25) is 0 Å². The highest BCUT2D eigenvalue weighted by molar-refractivity contribution is 6.00. The van der Waals surface area contributed by atoms with Crippen molar-refractivity contribution >= 4 is 29.4 Å². The van der Waals surface area contributed by atoms with E-state index in [0.29, 0.717) is 34.8 Å². The summed E-state index contributed by atoms with van der Waals surface area (Å²) in [4.78, 5) is 39.1. The smallest absolute Gasteiger partial charge is 0.337 e. The number of methoxy groups -OCH3 is 1. The molecule has 1 unspecified atom stereocenters. The predicted octanol–water partition coefficient (Wildman–Crippen LogP) is 4.87. The number of carbonyl (C=O) groups is 3. The first-order chi connectivity index (χ1) is 15.7. The molecule has 4 amide bonds. The van der Waals surface area contributed by atoms with E-state index >= 15 is 0 Å². The maximum absolute atomic E-state index is 12.6. The van der Waals surface area contributed by atoms with Crippen molar-refractivity contribution in [1.82, 2.24) is 10.2 Å². The van der Waals surface area contributed by atoms with Crippen molar-refractivity contribution in [2.75, 3.05) is 24.3 Å². The lowest BCUT2D eigenvalue weighted by Crippen LogP contribution is -2.48. The summed E-state index contributed by atoms with van der Waals surface area (Å²) < 4.78 is 4.98. The molecule has 174 valence electrons. The fourth-order valence-electron chi connectivity index (χ4n) is 3.77. The molecule has 2 aromatic rings. The van der Waals surface area contributed by atoms with Crippen molar-refractivity contribution in [2.24, 2.45) is 0 Å². The number of nitrogens with one attached hydrogen (secondary N) is 3. The Hall–Kier alpha value is -3.81. The Bertz CT molecular complexity index is 1090. The number of rotatable bonds is 6. The lowest BCUT2D eigenvalue weighted by Gasteiger charge is -2.35. The van der Waals surface area contributed by atoms with Crippen LogP contribution >= 0.6 is 0 Å². The molecule has 1 heterocycles. The molecule has 33 heavy (non-hydrogen) atoms. The normalized spacial score (nSPS) is 15.7. The van der Waals surface area contributed by atoms with Crippen LogP contribution in [0.5, 0.6) is 0 Å². The van der Waals surface area contributed by atoms with E-state index in [1.807, 2.05) is 39.0 Å². The number of carbonyl (C=O) groups excluding carboxylic acids is 3. The van der Waals surface area contributed by atoms with Gasteiger partial charge < -0.3 is 20.7 Å². The Morgan fingerprint density at radius 2 is 1.64 bits per heavy atom. The number of anilines is 2. The van der Waals surface area contributed by atoms with Gasteiger partial charge in [-0.05, 0) is 68.1 Å². The number of amides is 4. The van der Waals surface area contributed by atoms with Crippen LogP contribution in [0.15, 0.2) is 53.7 Å². The van der Waals surface area contributed by atoms with E-state index in [1.165, 1.54) is 7.11 Å². The van der Waals surface area contributed by atoms with Crippen LogP contribution in [0.1, 0.15) is 43.0 Å². The van der Waals surface area contributed by atoms with Crippen LogP contribution in [0.25, 0.3) is 0 Å². The van der Waals surface area contributed by atoms with Gasteiger partial charge in [-0.2, -0.15) is 0 Å². The first kappa shape index (κ1) is 23.8. The third kappa shape index (κ3) is 5.34.